The molecule has 7 nitrogen and oxygen atoms in total. The molecule has 2 heterocycles. The minimum absolute atomic E-state index is 0.0166. The van der Waals surface area contributed by atoms with E-state index in [1.807, 2.05) is 24.3 Å². The van der Waals surface area contributed by atoms with E-state index in [4.69, 9.17) is 20.6 Å². The molecule has 0 radical (unpaired) electrons. The van der Waals surface area contributed by atoms with Crippen molar-refractivity contribution in [2.24, 2.45) is 0 Å². The summed E-state index contributed by atoms with van der Waals surface area (Å²) in [5.74, 6) is 1.64. The highest BCUT2D eigenvalue weighted by molar-refractivity contribution is 6.11. The topological polar surface area (TPSA) is 99.1 Å². The molecular weight excluding hydrogens is 354 g/mol. The summed E-state index contributed by atoms with van der Waals surface area (Å²) in [6, 6.07) is 7.57. The van der Waals surface area contributed by atoms with Crippen LogP contribution in [0.25, 0.3) is 0 Å². The average Bonchev–Trinajstić information content (AvgIpc) is 3.49. The van der Waals surface area contributed by atoms with E-state index in [2.05, 4.69) is 28.7 Å². The molecule has 148 valence electrons. The number of rotatable bonds is 6. The lowest BCUT2D eigenvalue weighted by Gasteiger charge is -2.31. The number of morpholine rings is 1. The van der Waals surface area contributed by atoms with Gasteiger partial charge in [0.15, 0.2) is 0 Å². The molecular formula is C21H28N5O2+. The van der Waals surface area contributed by atoms with Crippen LogP contribution in [0, 0.1) is 0 Å². The first-order valence-electron chi connectivity index (χ1n) is 9.90. The second-order valence-electron chi connectivity index (χ2n) is 7.69. The summed E-state index contributed by atoms with van der Waals surface area (Å²) < 4.78 is 11.8. The maximum atomic E-state index is 6.47. The Kier molecular flexibility index (Phi) is 4.93. The Morgan fingerprint density at radius 1 is 1.36 bits per heavy atom. The molecule has 7 heteroatoms. The van der Waals surface area contributed by atoms with Crippen LogP contribution in [0.5, 0.6) is 5.75 Å². The third-order valence-electron chi connectivity index (χ3n) is 5.59. The summed E-state index contributed by atoms with van der Waals surface area (Å²) in [5.41, 5.74) is 8.72. The fraction of sp³-hybridized carbons (Fsp3) is 0.476. The largest absolute Gasteiger partial charge is 0.487 e. The van der Waals surface area contributed by atoms with Gasteiger partial charge in [-0.3, -0.25) is 5.41 Å². The van der Waals surface area contributed by atoms with Crippen molar-refractivity contribution >= 4 is 17.2 Å². The van der Waals surface area contributed by atoms with Crippen LogP contribution in [0.2, 0.25) is 0 Å². The summed E-state index contributed by atoms with van der Waals surface area (Å²) in [5, 5.41) is 6.47. The highest BCUT2D eigenvalue weighted by Gasteiger charge is 2.43. The van der Waals surface area contributed by atoms with Crippen LogP contribution < -0.4 is 20.8 Å². The maximum absolute atomic E-state index is 6.47. The Labute approximate surface area is 165 Å². The van der Waals surface area contributed by atoms with Crippen molar-refractivity contribution < 1.29 is 14.9 Å². The number of anilines is 2. The standard InChI is InChI=1S/C21H27N5O2/c1-3-21(6-7-21)28-15-4-5-17(22)16(10-15)20(23)18-11-19(25-13-24-18)26-8-9-27-14(2)12-26/h4-5,10-11,13-14,23H,3,6-9,12,22H2,1-2H3/p+1/t14-/m1/s1. The van der Waals surface area contributed by atoms with Gasteiger partial charge in [0.2, 0.25) is 5.71 Å². The zero-order valence-electron chi connectivity index (χ0n) is 16.5. The van der Waals surface area contributed by atoms with Gasteiger partial charge in [-0.2, -0.15) is 0 Å². The number of aromatic nitrogens is 2. The van der Waals surface area contributed by atoms with E-state index in [1.165, 1.54) is 0 Å². The van der Waals surface area contributed by atoms with Gasteiger partial charge in [-0.1, -0.05) is 6.92 Å². The summed E-state index contributed by atoms with van der Waals surface area (Å²) in [4.78, 5) is 11.0. The van der Waals surface area contributed by atoms with Crippen molar-refractivity contribution in [1.29, 1.82) is 0 Å². The lowest BCUT2D eigenvalue weighted by atomic mass is 10.0. The highest BCUT2D eigenvalue weighted by Crippen LogP contribution is 2.43. The minimum Gasteiger partial charge on any atom is -0.487 e. The predicted octanol–water partition coefficient (Wildman–Crippen LogP) is 1.20. The van der Waals surface area contributed by atoms with Crippen molar-refractivity contribution in [2.45, 2.75) is 44.8 Å². The Morgan fingerprint density at radius 3 is 2.89 bits per heavy atom. The molecule has 0 amide bonds. The fourth-order valence-electron chi connectivity index (χ4n) is 3.58. The van der Waals surface area contributed by atoms with E-state index < -0.39 is 0 Å². The van der Waals surface area contributed by atoms with E-state index in [1.54, 1.807) is 6.33 Å². The monoisotopic (exact) mass is 382 g/mol. The molecule has 1 aromatic carbocycles. The molecule has 1 saturated carbocycles. The van der Waals surface area contributed by atoms with Crippen LogP contribution >= 0.6 is 0 Å². The summed E-state index contributed by atoms with van der Waals surface area (Å²) in [7, 11) is 0. The molecule has 4 rings (SSSR count). The van der Waals surface area contributed by atoms with E-state index in [0.29, 0.717) is 23.7 Å². The van der Waals surface area contributed by atoms with E-state index in [0.717, 1.165) is 49.5 Å². The molecule has 2 fully saturated rings. The summed E-state index contributed by atoms with van der Waals surface area (Å²) in [6.45, 7) is 6.49. The maximum Gasteiger partial charge on any atom is 0.232 e. The quantitative estimate of drug-likeness (QED) is 0.575. The lowest BCUT2D eigenvalue weighted by molar-refractivity contribution is -0.111. The van der Waals surface area contributed by atoms with Crippen molar-refractivity contribution in [3.63, 3.8) is 0 Å². The Morgan fingerprint density at radius 2 is 2.18 bits per heavy atom. The minimum atomic E-state index is -0.0166. The first-order chi connectivity index (χ1) is 13.5. The molecule has 1 aliphatic heterocycles. The fourth-order valence-corrected chi connectivity index (χ4v) is 3.58. The first-order valence-corrected chi connectivity index (χ1v) is 9.90. The zero-order chi connectivity index (χ0) is 19.7. The predicted molar refractivity (Wildman–Crippen MR) is 109 cm³/mol. The van der Waals surface area contributed by atoms with Crippen LogP contribution in [0.15, 0.2) is 30.6 Å². The molecule has 4 N–H and O–H groups in total. The van der Waals surface area contributed by atoms with Gasteiger partial charge in [-0.15, -0.1) is 0 Å². The van der Waals surface area contributed by atoms with Gasteiger partial charge in [-0.05, 0) is 44.4 Å². The zero-order valence-corrected chi connectivity index (χ0v) is 16.5. The SMILES string of the molecule is CCC1(Oc2ccc(N)c(C(=[NH2+])c3cc(N4CCO[C@H](C)C4)ncn3)c2)CC1. The van der Waals surface area contributed by atoms with Gasteiger partial charge in [0.05, 0.1) is 18.3 Å². The van der Waals surface area contributed by atoms with Crippen molar-refractivity contribution in [2.75, 3.05) is 30.3 Å². The summed E-state index contributed by atoms with van der Waals surface area (Å²) in [6.07, 6.45) is 4.90. The molecule has 1 aromatic heterocycles. The third kappa shape index (κ3) is 3.80. The van der Waals surface area contributed by atoms with E-state index >= 15 is 0 Å². The van der Waals surface area contributed by atoms with Crippen LogP contribution in [0.1, 0.15) is 44.4 Å². The number of hydrogen-bond donors (Lipinski definition) is 2. The van der Waals surface area contributed by atoms with Gasteiger partial charge in [0.25, 0.3) is 0 Å². The van der Waals surface area contributed by atoms with Gasteiger partial charge in [0.1, 0.15) is 29.2 Å². The second-order valence-corrected chi connectivity index (χ2v) is 7.69. The highest BCUT2D eigenvalue weighted by atomic mass is 16.5. The molecule has 28 heavy (non-hydrogen) atoms. The van der Waals surface area contributed by atoms with Gasteiger partial charge >= 0.3 is 0 Å². The van der Waals surface area contributed by atoms with Crippen molar-refractivity contribution in [3.05, 3.63) is 41.9 Å². The van der Waals surface area contributed by atoms with E-state index in [9.17, 15) is 0 Å². The third-order valence-corrected chi connectivity index (χ3v) is 5.59. The molecule has 2 aliphatic rings. The molecule has 1 atom stereocenters. The number of nitrogens with zero attached hydrogens (tertiary/aromatic N) is 3. The molecule has 0 bridgehead atoms. The smallest absolute Gasteiger partial charge is 0.232 e. The van der Waals surface area contributed by atoms with E-state index in [-0.39, 0.29) is 11.7 Å². The Bertz CT molecular complexity index is 881. The summed E-state index contributed by atoms with van der Waals surface area (Å²) >= 11 is 0. The average molecular weight is 382 g/mol. The molecule has 0 unspecified atom stereocenters. The molecule has 2 aromatic rings. The lowest BCUT2D eigenvalue weighted by Crippen LogP contribution is -2.43. The number of benzene rings is 1. The van der Waals surface area contributed by atoms with Crippen LogP contribution in [-0.4, -0.2) is 47.1 Å². The molecule has 1 aliphatic carbocycles. The number of nitrogens with two attached hydrogens (primary N) is 2. The van der Waals surface area contributed by atoms with Crippen LogP contribution in [-0.2, 0) is 4.74 Å². The normalized spacial score (nSPS) is 20.6. The van der Waals surface area contributed by atoms with Crippen LogP contribution in [0.3, 0.4) is 0 Å². The Hall–Kier alpha value is -2.67. The first kappa shape index (κ1) is 18.7. The van der Waals surface area contributed by atoms with Gasteiger partial charge in [0, 0.05) is 24.8 Å². The van der Waals surface area contributed by atoms with Crippen LogP contribution in [0.4, 0.5) is 11.5 Å². The van der Waals surface area contributed by atoms with Crippen molar-refractivity contribution in [3.8, 4) is 5.75 Å². The van der Waals surface area contributed by atoms with Crippen molar-refractivity contribution in [1.82, 2.24) is 9.97 Å². The molecule has 0 spiro atoms. The molecule has 1 saturated heterocycles. The van der Waals surface area contributed by atoms with Gasteiger partial charge in [-0.25, -0.2) is 9.97 Å². The number of hydrogen-bond acceptors (Lipinski definition) is 6. The second kappa shape index (κ2) is 7.39. The number of nitrogen functional groups attached to an aromatic ring is 1. The van der Waals surface area contributed by atoms with Gasteiger partial charge < -0.3 is 20.1 Å². The number of ether oxygens (including phenoxy) is 2. The Balaban J connectivity index is 1.58.